The number of amides is 2. The van der Waals surface area contributed by atoms with E-state index in [2.05, 4.69) is 5.32 Å². The van der Waals surface area contributed by atoms with Gasteiger partial charge < -0.3 is 10.2 Å². The number of likely N-dealkylation sites (N-methyl/N-ethyl adjacent to an activating group) is 1. The quantitative estimate of drug-likeness (QED) is 0.428. The average molecular weight is 542 g/mol. The van der Waals surface area contributed by atoms with Crippen molar-refractivity contribution in [1.82, 2.24) is 10.2 Å². The van der Waals surface area contributed by atoms with Crippen molar-refractivity contribution in [3.63, 3.8) is 0 Å². The lowest BCUT2D eigenvalue weighted by Crippen LogP contribution is -2.50. The molecule has 0 unspecified atom stereocenters. The second-order valence-electron chi connectivity index (χ2n) is 9.05. The van der Waals surface area contributed by atoms with E-state index in [1.165, 1.54) is 24.1 Å². The van der Waals surface area contributed by atoms with E-state index in [-0.39, 0.29) is 17.3 Å². The van der Waals surface area contributed by atoms with Crippen LogP contribution in [0.5, 0.6) is 0 Å². The van der Waals surface area contributed by atoms with Gasteiger partial charge in [-0.2, -0.15) is 0 Å². The van der Waals surface area contributed by atoms with Crippen molar-refractivity contribution in [2.75, 3.05) is 17.9 Å². The molecule has 0 fully saturated rings. The van der Waals surface area contributed by atoms with Gasteiger partial charge in [0.05, 0.1) is 10.6 Å². The summed E-state index contributed by atoms with van der Waals surface area (Å²) in [6.07, 6.45) is 0. The van der Waals surface area contributed by atoms with Crippen molar-refractivity contribution >= 4 is 39.1 Å². The fourth-order valence-electron chi connectivity index (χ4n) is 3.93. The lowest BCUT2D eigenvalue weighted by molar-refractivity contribution is -0.139. The number of aryl methyl sites for hydroxylation is 3. The van der Waals surface area contributed by atoms with Gasteiger partial charge in [-0.1, -0.05) is 59.1 Å². The Balaban J connectivity index is 2.06. The minimum atomic E-state index is -4.12. The molecule has 0 aromatic heterocycles. The molecule has 0 saturated heterocycles. The Morgan fingerprint density at radius 2 is 1.49 bits per heavy atom. The molecule has 196 valence electrons. The Kier molecular flexibility index (Phi) is 8.99. The van der Waals surface area contributed by atoms with Crippen molar-refractivity contribution < 1.29 is 18.0 Å². The SMILES string of the molecule is CNC(=O)[C@@H](C)N(Cc1ccc(C)cc1)C(=O)CN(c1ccc(Cl)cc1C)S(=O)(=O)c1ccc(C)cc1. The third-order valence-corrected chi connectivity index (χ3v) is 8.21. The number of nitrogens with zero attached hydrogens (tertiary/aromatic N) is 2. The van der Waals surface area contributed by atoms with Gasteiger partial charge in [0.15, 0.2) is 0 Å². The van der Waals surface area contributed by atoms with Crippen LogP contribution in [0.25, 0.3) is 0 Å². The Morgan fingerprint density at radius 1 is 0.919 bits per heavy atom. The van der Waals surface area contributed by atoms with Gasteiger partial charge in [0.1, 0.15) is 12.6 Å². The Labute approximate surface area is 224 Å². The molecule has 0 bridgehead atoms. The first-order valence-electron chi connectivity index (χ1n) is 11.9. The number of sulfonamides is 1. The summed E-state index contributed by atoms with van der Waals surface area (Å²) in [5.74, 6) is -0.863. The summed E-state index contributed by atoms with van der Waals surface area (Å²) in [6, 6.07) is 18.1. The molecular formula is C28H32ClN3O4S. The van der Waals surface area contributed by atoms with Gasteiger partial charge in [-0.25, -0.2) is 8.42 Å². The minimum absolute atomic E-state index is 0.0599. The number of anilines is 1. The van der Waals surface area contributed by atoms with Crippen LogP contribution in [-0.4, -0.2) is 44.8 Å². The molecule has 9 heteroatoms. The zero-order chi connectivity index (χ0) is 27.3. The van der Waals surface area contributed by atoms with Crippen LogP contribution >= 0.6 is 11.6 Å². The van der Waals surface area contributed by atoms with Crippen LogP contribution in [0, 0.1) is 20.8 Å². The van der Waals surface area contributed by atoms with Crippen LogP contribution in [0.2, 0.25) is 5.02 Å². The smallest absolute Gasteiger partial charge is 0.264 e. The molecule has 0 radical (unpaired) electrons. The molecule has 0 saturated carbocycles. The first kappa shape index (κ1) is 28.2. The number of nitrogens with one attached hydrogen (secondary N) is 1. The summed E-state index contributed by atoms with van der Waals surface area (Å²) >= 11 is 6.13. The van der Waals surface area contributed by atoms with Crippen LogP contribution in [-0.2, 0) is 26.2 Å². The van der Waals surface area contributed by atoms with Gasteiger partial charge in [-0.05, 0) is 69.2 Å². The highest BCUT2D eigenvalue weighted by Crippen LogP contribution is 2.29. The molecule has 3 rings (SSSR count). The van der Waals surface area contributed by atoms with Crippen molar-refractivity contribution in [2.45, 2.75) is 45.2 Å². The van der Waals surface area contributed by atoms with Crippen LogP contribution < -0.4 is 9.62 Å². The zero-order valence-electron chi connectivity index (χ0n) is 21.7. The molecular weight excluding hydrogens is 510 g/mol. The third-order valence-electron chi connectivity index (χ3n) is 6.20. The maximum absolute atomic E-state index is 13.8. The lowest BCUT2D eigenvalue weighted by Gasteiger charge is -2.32. The topological polar surface area (TPSA) is 86.8 Å². The summed E-state index contributed by atoms with van der Waals surface area (Å²) in [5.41, 5.74) is 3.73. The van der Waals surface area contributed by atoms with Crippen molar-refractivity contribution in [3.05, 3.63) is 94.0 Å². The maximum atomic E-state index is 13.8. The summed E-state index contributed by atoms with van der Waals surface area (Å²) in [5, 5.41) is 3.03. The Morgan fingerprint density at radius 3 is 2.03 bits per heavy atom. The number of carbonyl (C=O) groups is 2. The summed E-state index contributed by atoms with van der Waals surface area (Å²) in [6.45, 7) is 6.84. The van der Waals surface area contributed by atoms with Crippen molar-refractivity contribution in [1.29, 1.82) is 0 Å². The summed E-state index contributed by atoms with van der Waals surface area (Å²) in [7, 11) is -2.62. The minimum Gasteiger partial charge on any atom is -0.357 e. The maximum Gasteiger partial charge on any atom is 0.264 e. The van der Waals surface area contributed by atoms with Crippen LogP contribution in [0.1, 0.15) is 29.2 Å². The number of rotatable bonds is 9. The van der Waals surface area contributed by atoms with E-state index in [9.17, 15) is 18.0 Å². The monoisotopic (exact) mass is 541 g/mol. The van der Waals surface area contributed by atoms with E-state index in [1.807, 2.05) is 38.1 Å². The van der Waals surface area contributed by atoms with Crippen LogP contribution in [0.3, 0.4) is 0 Å². The molecule has 7 nitrogen and oxygen atoms in total. The summed E-state index contributed by atoms with van der Waals surface area (Å²) < 4.78 is 28.8. The van der Waals surface area contributed by atoms with Gasteiger partial charge in [0, 0.05) is 18.6 Å². The zero-order valence-corrected chi connectivity index (χ0v) is 23.2. The molecule has 0 aliphatic rings. The lowest BCUT2D eigenvalue weighted by atomic mass is 10.1. The molecule has 37 heavy (non-hydrogen) atoms. The van der Waals surface area contributed by atoms with E-state index in [1.54, 1.807) is 44.2 Å². The Hall–Kier alpha value is -3.36. The Bertz CT molecular complexity index is 1370. The first-order valence-corrected chi connectivity index (χ1v) is 13.7. The van der Waals surface area contributed by atoms with Crippen molar-refractivity contribution in [2.24, 2.45) is 0 Å². The first-order chi connectivity index (χ1) is 17.4. The molecule has 0 aliphatic heterocycles. The number of benzene rings is 3. The van der Waals surface area contributed by atoms with Crippen molar-refractivity contribution in [3.8, 4) is 0 Å². The van der Waals surface area contributed by atoms with Gasteiger partial charge >= 0.3 is 0 Å². The van der Waals surface area contributed by atoms with E-state index in [0.717, 1.165) is 21.0 Å². The van der Waals surface area contributed by atoms with E-state index in [0.29, 0.717) is 16.3 Å². The van der Waals surface area contributed by atoms with Gasteiger partial charge in [0.2, 0.25) is 11.8 Å². The molecule has 3 aromatic carbocycles. The average Bonchev–Trinajstić information content (AvgIpc) is 2.86. The molecule has 2 amide bonds. The molecule has 1 N–H and O–H groups in total. The van der Waals surface area contributed by atoms with Crippen LogP contribution in [0.15, 0.2) is 71.6 Å². The van der Waals surface area contributed by atoms with Gasteiger partial charge in [0.25, 0.3) is 10.0 Å². The number of hydrogen-bond acceptors (Lipinski definition) is 4. The van der Waals surface area contributed by atoms with E-state index in [4.69, 9.17) is 11.6 Å². The highest BCUT2D eigenvalue weighted by atomic mass is 35.5. The number of carbonyl (C=O) groups excluding carboxylic acids is 2. The predicted octanol–water partition coefficient (Wildman–Crippen LogP) is 4.62. The second kappa shape index (κ2) is 11.8. The number of halogens is 1. The standard InChI is InChI=1S/C28H32ClN3O4S/c1-19-6-10-23(11-7-19)17-31(22(4)28(34)30-5)27(33)18-32(26-15-12-24(29)16-21(26)3)37(35,36)25-13-8-20(2)9-14-25/h6-16,22H,17-18H2,1-5H3,(H,30,34)/t22-/m1/s1. The van der Waals surface area contributed by atoms with E-state index < -0.39 is 28.5 Å². The highest BCUT2D eigenvalue weighted by molar-refractivity contribution is 7.92. The van der Waals surface area contributed by atoms with Gasteiger partial charge in [-0.3, -0.25) is 13.9 Å². The fraction of sp³-hybridized carbons (Fsp3) is 0.286. The fourth-order valence-corrected chi connectivity index (χ4v) is 5.64. The molecule has 0 heterocycles. The van der Waals surface area contributed by atoms with E-state index >= 15 is 0 Å². The highest BCUT2D eigenvalue weighted by Gasteiger charge is 2.33. The summed E-state index contributed by atoms with van der Waals surface area (Å²) in [4.78, 5) is 27.8. The number of hydrogen-bond donors (Lipinski definition) is 1. The normalized spacial score (nSPS) is 12.1. The van der Waals surface area contributed by atoms with Gasteiger partial charge in [-0.15, -0.1) is 0 Å². The predicted molar refractivity (Wildman–Crippen MR) is 147 cm³/mol. The van der Waals surface area contributed by atoms with Crippen LogP contribution in [0.4, 0.5) is 5.69 Å². The third kappa shape index (κ3) is 6.70. The largest absolute Gasteiger partial charge is 0.357 e. The molecule has 1 atom stereocenters. The molecule has 3 aromatic rings. The molecule has 0 aliphatic carbocycles. The second-order valence-corrected chi connectivity index (χ2v) is 11.4. The molecule has 0 spiro atoms.